The summed E-state index contributed by atoms with van der Waals surface area (Å²) in [4.78, 5) is 0. The largest absolute Gasteiger partial charge is 0.422 e. The lowest BCUT2D eigenvalue weighted by Crippen LogP contribution is -2.18. The first kappa shape index (κ1) is 22.3. The first-order valence-electron chi connectivity index (χ1n) is 10.9. The fraction of sp³-hybridized carbons (Fsp3) is 0.667. The van der Waals surface area contributed by atoms with Crippen LogP contribution >= 0.6 is 0 Å². The van der Waals surface area contributed by atoms with Crippen LogP contribution in [0, 0.1) is 35.3 Å². The molecule has 1 unspecified atom stereocenters. The van der Waals surface area contributed by atoms with E-state index in [2.05, 4.69) is 26.0 Å². The monoisotopic (exact) mass is 414 g/mol. The van der Waals surface area contributed by atoms with Crippen molar-refractivity contribution < 1.29 is 22.0 Å². The lowest BCUT2D eigenvalue weighted by molar-refractivity contribution is -0.142. The summed E-state index contributed by atoms with van der Waals surface area (Å²) in [6.45, 7) is 4.61. The molecule has 0 aromatic heterocycles. The van der Waals surface area contributed by atoms with E-state index < -0.39 is 23.4 Å². The van der Waals surface area contributed by atoms with E-state index in [1.807, 2.05) is 0 Å². The lowest BCUT2D eigenvalue weighted by Gasteiger charge is -2.30. The number of hydrogen-bond donors (Lipinski definition) is 0. The molecule has 0 amide bonds. The molecular formula is C24H31F5. The number of hydrogen-bond acceptors (Lipinski definition) is 0. The summed E-state index contributed by atoms with van der Waals surface area (Å²) in [5, 5.41) is 0. The molecule has 0 N–H and O–H groups in total. The normalized spacial score (nSPS) is 29.9. The molecule has 1 atom stereocenters. The Morgan fingerprint density at radius 3 is 1.97 bits per heavy atom. The molecule has 0 nitrogen and oxygen atoms in total. The summed E-state index contributed by atoms with van der Waals surface area (Å²) in [6.07, 6.45) is 8.14. The predicted molar refractivity (Wildman–Crippen MR) is 105 cm³/mol. The second kappa shape index (κ2) is 9.18. The van der Waals surface area contributed by atoms with E-state index in [0.717, 1.165) is 49.7 Å². The molecule has 0 bridgehead atoms. The fourth-order valence-corrected chi connectivity index (χ4v) is 5.05. The molecular weight excluding hydrogens is 383 g/mol. The van der Waals surface area contributed by atoms with Crippen molar-refractivity contribution in [2.75, 3.05) is 0 Å². The summed E-state index contributed by atoms with van der Waals surface area (Å²) >= 11 is 0. The van der Waals surface area contributed by atoms with Crippen LogP contribution in [0.4, 0.5) is 22.0 Å². The predicted octanol–water partition coefficient (Wildman–Crippen LogP) is 8.28. The van der Waals surface area contributed by atoms with E-state index in [4.69, 9.17) is 0 Å². The van der Waals surface area contributed by atoms with Crippen LogP contribution in [-0.2, 0) is 6.18 Å². The van der Waals surface area contributed by atoms with Gasteiger partial charge in [-0.1, -0.05) is 38.8 Å². The second-order valence-electron chi connectivity index (χ2n) is 9.23. The van der Waals surface area contributed by atoms with Crippen molar-refractivity contribution >= 4 is 0 Å². The van der Waals surface area contributed by atoms with Gasteiger partial charge in [0.05, 0.1) is 0 Å². The van der Waals surface area contributed by atoms with E-state index in [1.54, 1.807) is 0 Å². The summed E-state index contributed by atoms with van der Waals surface area (Å²) in [6, 6.07) is 1.75. The van der Waals surface area contributed by atoms with Crippen LogP contribution in [-0.4, -0.2) is 0 Å². The molecule has 2 aliphatic rings. The quantitative estimate of drug-likeness (QED) is 0.343. The molecule has 2 fully saturated rings. The van der Waals surface area contributed by atoms with Gasteiger partial charge in [0.15, 0.2) is 0 Å². The topological polar surface area (TPSA) is 0 Å². The van der Waals surface area contributed by atoms with Crippen molar-refractivity contribution in [1.29, 1.82) is 0 Å². The number of benzene rings is 1. The standard InChI is InChI=1S/C24H31F5/c1-15-3-9-18(10-4-15)16(2)5-6-17-7-11-19(12-8-17)20-13-21(25)23(22(26)14-20)24(27,28)29/h5-6,13-19H,3-4,7-12H2,1-2H3. The van der Waals surface area contributed by atoms with Crippen LogP contribution < -0.4 is 0 Å². The van der Waals surface area contributed by atoms with Gasteiger partial charge in [-0.2, -0.15) is 13.2 Å². The van der Waals surface area contributed by atoms with Gasteiger partial charge in [0, 0.05) is 0 Å². The SMILES string of the molecule is CC1CCC(C(C)C=CC2CCC(c3cc(F)c(C(F)(F)F)c(F)c3)CC2)CC1. The lowest BCUT2D eigenvalue weighted by atomic mass is 9.75. The summed E-state index contributed by atoms with van der Waals surface area (Å²) < 4.78 is 66.0. The van der Waals surface area contributed by atoms with Gasteiger partial charge in [0.25, 0.3) is 0 Å². The Morgan fingerprint density at radius 2 is 1.45 bits per heavy atom. The molecule has 1 aromatic carbocycles. The van der Waals surface area contributed by atoms with Crippen molar-refractivity contribution in [1.82, 2.24) is 0 Å². The third-order valence-electron chi connectivity index (χ3n) is 7.08. The molecule has 162 valence electrons. The van der Waals surface area contributed by atoms with Crippen LogP contribution in [0.2, 0.25) is 0 Å². The molecule has 0 aliphatic heterocycles. The zero-order chi connectivity index (χ0) is 21.2. The van der Waals surface area contributed by atoms with E-state index in [-0.39, 0.29) is 5.92 Å². The van der Waals surface area contributed by atoms with Gasteiger partial charge in [-0.25, -0.2) is 8.78 Å². The van der Waals surface area contributed by atoms with E-state index >= 15 is 0 Å². The zero-order valence-corrected chi connectivity index (χ0v) is 17.2. The zero-order valence-electron chi connectivity index (χ0n) is 17.2. The molecule has 29 heavy (non-hydrogen) atoms. The van der Waals surface area contributed by atoms with Crippen LogP contribution in [0.5, 0.6) is 0 Å². The number of allylic oxidation sites excluding steroid dienone is 2. The Bertz CT molecular complexity index is 681. The summed E-state index contributed by atoms with van der Waals surface area (Å²) in [5.74, 6) is -0.480. The highest BCUT2D eigenvalue weighted by molar-refractivity contribution is 5.31. The van der Waals surface area contributed by atoms with Crippen LogP contribution in [0.1, 0.15) is 82.3 Å². The Kier molecular flexibility index (Phi) is 7.06. The van der Waals surface area contributed by atoms with Gasteiger partial charge in [0.2, 0.25) is 0 Å². The molecule has 0 heterocycles. The van der Waals surface area contributed by atoms with Gasteiger partial charge < -0.3 is 0 Å². The minimum absolute atomic E-state index is 0.0804. The smallest absolute Gasteiger partial charge is 0.206 e. The van der Waals surface area contributed by atoms with Crippen LogP contribution in [0.15, 0.2) is 24.3 Å². The van der Waals surface area contributed by atoms with E-state index in [0.29, 0.717) is 17.4 Å². The molecule has 0 saturated heterocycles. The summed E-state index contributed by atoms with van der Waals surface area (Å²) in [5.41, 5.74) is -1.44. The Balaban J connectivity index is 1.55. The molecule has 3 rings (SSSR count). The minimum atomic E-state index is -5.01. The van der Waals surface area contributed by atoms with E-state index in [9.17, 15) is 22.0 Å². The van der Waals surface area contributed by atoms with Gasteiger partial charge in [-0.05, 0) is 85.8 Å². The number of halogens is 5. The molecule has 2 aliphatic carbocycles. The average molecular weight is 415 g/mol. The highest BCUT2D eigenvalue weighted by Gasteiger charge is 2.38. The Labute approximate surface area is 170 Å². The van der Waals surface area contributed by atoms with Crippen molar-refractivity contribution in [2.45, 2.75) is 77.3 Å². The summed E-state index contributed by atoms with van der Waals surface area (Å²) in [7, 11) is 0. The highest BCUT2D eigenvalue weighted by atomic mass is 19.4. The van der Waals surface area contributed by atoms with Crippen LogP contribution in [0.25, 0.3) is 0 Å². The third-order valence-corrected chi connectivity index (χ3v) is 7.08. The van der Waals surface area contributed by atoms with Gasteiger partial charge in [0.1, 0.15) is 17.2 Å². The van der Waals surface area contributed by atoms with Crippen LogP contribution in [0.3, 0.4) is 0 Å². The number of alkyl halides is 3. The fourth-order valence-electron chi connectivity index (χ4n) is 5.05. The number of rotatable bonds is 4. The minimum Gasteiger partial charge on any atom is -0.206 e. The third kappa shape index (κ3) is 5.61. The van der Waals surface area contributed by atoms with Crippen molar-refractivity contribution in [3.8, 4) is 0 Å². The first-order valence-corrected chi connectivity index (χ1v) is 10.9. The van der Waals surface area contributed by atoms with Gasteiger partial charge in [-0.3, -0.25) is 0 Å². The molecule has 2 saturated carbocycles. The Hall–Kier alpha value is -1.39. The molecule has 0 spiro atoms. The van der Waals surface area contributed by atoms with Gasteiger partial charge >= 0.3 is 6.18 Å². The maximum Gasteiger partial charge on any atom is 0.422 e. The highest BCUT2D eigenvalue weighted by Crippen LogP contribution is 2.40. The molecule has 5 heteroatoms. The Morgan fingerprint density at radius 1 is 0.897 bits per heavy atom. The first-order chi connectivity index (χ1) is 13.6. The maximum atomic E-state index is 13.9. The second-order valence-corrected chi connectivity index (χ2v) is 9.23. The van der Waals surface area contributed by atoms with Crippen molar-refractivity contribution in [3.05, 3.63) is 47.0 Å². The van der Waals surface area contributed by atoms with Gasteiger partial charge in [-0.15, -0.1) is 0 Å². The van der Waals surface area contributed by atoms with Crippen molar-refractivity contribution in [2.24, 2.45) is 23.7 Å². The molecule has 0 radical (unpaired) electrons. The molecule has 1 aromatic rings. The maximum absolute atomic E-state index is 13.9. The van der Waals surface area contributed by atoms with Crippen molar-refractivity contribution in [3.63, 3.8) is 0 Å². The average Bonchev–Trinajstić information content (AvgIpc) is 2.65. The van der Waals surface area contributed by atoms with E-state index in [1.165, 1.54) is 25.7 Å².